The molecule has 2 aromatic heterocycles. The van der Waals surface area contributed by atoms with Crippen molar-refractivity contribution in [2.24, 2.45) is 0 Å². The van der Waals surface area contributed by atoms with Crippen molar-refractivity contribution in [3.05, 3.63) is 54.4 Å². The molecule has 0 aliphatic heterocycles. The predicted octanol–water partition coefficient (Wildman–Crippen LogP) is 4.03. The summed E-state index contributed by atoms with van der Waals surface area (Å²) in [5.74, 6) is 1.02. The number of carbonyl (C=O) groups excluding carboxylic acids is 1. The molecule has 0 fully saturated rings. The van der Waals surface area contributed by atoms with Gasteiger partial charge in [-0.25, -0.2) is 0 Å². The molecule has 0 saturated carbocycles. The minimum absolute atomic E-state index is 0.00760. The number of hydrogen-bond acceptors (Lipinski definition) is 5. The molecule has 3 aromatic rings. The highest BCUT2D eigenvalue weighted by molar-refractivity contribution is 7.99. The first-order chi connectivity index (χ1) is 13.6. The molecule has 2 heterocycles. The van der Waals surface area contributed by atoms with E-state index in [1.807, 2.05) is 41.8 Å². The number of aromatic nitrogens is 4. The van der Waals surface area contributed by atoms with Gasteiger partial charge in [0, 0.05) is 24.0 Å². The molecule has 0 radical (unpaired) electrons. The summed E-state index contributed by atoms with van der Waals surface area (Å²) in [6.45, 7) is 6.19. The SMILES string of the molecule is CCCC(C)NC(=O)CSc1nnc(-c2cccnc2)n1-c1ccccc1C. The van der Waals surface area contributed by atoms with Crippen LogP contribution in [0.15, 0.2) is 53.9 Å². The number of amides is 1. The van der Waals surface area contributed by atoms with Crippen LogP contribution >= 0.6 is 11.8 Å². The fourth-order valence-corrected chi connectivity index (χ4v) is 3.78. The standard InChI is InChI=1S/C21H25N5OS/c1-4-8-16(3)23-19(27)14-28-21-25-24-20(17-10-7-12-22-13-17)26(21)18-11-6-5-9-15(18)2/h5-7,9-13,16H,4,8,14H2,1-3H3,(H,23,27). The second-order valence-electron chi connectivity index (χ2n) is 6.72. The van der Waals surface area contributed by atoms with Crippen molar-refractivity contribution in [1.29, 1.82) is 0 Å². The Bertz CT molecular complexity index is 926. The number of thioether (sulfide) groups is 1. The number of benzene rings is 1. The second kappa shape index (κ2) is 9.50. The molecule has 1 N–H and O–H groups in total. The molecule has 0 bridgehead atoms. The van der Waals surface area contributed by atoms with Gasteiger partial charge in [0.25, 0.3) is 0 Å². The Morgan fingerprint density at radius 3 is 2.75 bits per heavy atom. The molecule has 1 unspecified atom stereocenters. The molecule has 0 aliphatic carbocycles. The first-order valence-corrected chi connectivity index (χ1v) is 10.4. The van der Waals surface area contributed by atoms with Crippen molar-refractivity contribution >= 4 is 17.7 Å². The van der Waals surface area contributed by atoms with Crippen molar-refractivity contribution in [2.75, 3.05) is 5.75 Å². The molecule has 146 valence electrons. The van der Waals surface area contributed by atoms with Crippen molar-refractivity contribution < 1.29 is 4.79 Å². The van der Waals surface area contributed by atoms with Crippen LogP contribution in [0.5, 0.6) is 0 Å². The molecule has 0 aliphatic rings. The molecule has 1 atom stereocenters. The largest absolute Gasteiger partial charge is 0.353 e. The lowest BCUT2D eigenvalue weighted by Gasteiger charge is -2.14. The Balaban J connectivity index is 1.89. The molecular formula is C21H25N5OS. The van der Waals surface area contributed by atoms with E-state index in [9.17, 15) is 4.79 Å². The van der Waals surface area contributed by atoms with Crippen LogP contribution in [0.3, 0.4) is 0 Å². The maximum Gasteiger partial charge on any atom is 0.230 e. The number of pyridine rings is 1. The topological polar surface area (TPSA) is 72.7 Å². The zero-order chi connectivity index (χ0) is 19.9. The van der Waals surface area contributed by atoms with Crippen LogP contribution in [-0.4, -0.2) is 37.5 Å². The van der Waals surface area contributed by atoms with Crippen LogP contribution in [-0.2, 0) is 4.79 Å². The molecule has 28 heavy (non-hydrogen) atoms. The third-order valence-electron chi connectivity index (χ3n) is 4.37. The number of para-hydroxylation sites is 1. The van der Waals surface area contributed by atoms with Gasteiger partial charge in [0.15, 0.2) is 11.0 Å². The van der Waals surface area contributed by atoms with Crippen LogP contribution in [0.25, 0.3) is 17.1 Å². The maximum absolute atomic E-state index is 12.3. The highest BCUT2D eigenvalue weighted by Gasteiger charge is 2.18. The fraction of sp³-hybridized carbons (Fsp3) is 0.333. The number of rotatable bonds is 8. The zero-order valence-electron chi connectivity index (χ0n) is 16.4. The summed E-state index contributed by atoms with van der Waals surface area (Å²) in [5, 5.41) is 12.5. The number of carbonyl (C=O) groups is 1. The van der Waals surface area contributed by atoms with E-state index in [-0.39, 0.29) is 11.9 Å². The monoisotopic (exact) mass is 395 g/mol. The minimum atomic E-state index is 0.00760. The van der Waals surface area contributed by atoms with Crippen LogP contribution < -0.4 is 5.32 Å². The van der Waals surface area contributed by atoms with Gasteiger partial charge in [-0.3, -0.25) is 14.3 Å². The quantitative estimate of drug-likeness (QED) is 0.583. The smallest absolute Gasteiger partial charge is 0.230 e. The molecule has 6 nitrogen and oxygen atoms in total. The fourth-order valence-electron chi connectivity index (χ4n) is 3.03. The van der Waals surface area contributed by atoms with Gasteiger partial charge < -0.3 is 5.32 Å². The average molecular weight is 396 g/mol. The van der Waals surface area contributed by atoms with Gasteiger partial charge in [-0.2, -0.15) is 0 Å². The summed E-state index contributed by atoms with van der Waals surface area (Å²) in [4.78, 5) is 16.5. The summed E-state index contributed by atoms with van der Waals surface area (Å²) < 4.78 is 2.00. The van der Waals surface area contributed by atoms with Crippen molar-refractivity contribution in [2.45, 2.75) is 44.8 Å². The number of aryl methyl sites for hydroxylation is 1. The van der Waals surface area contributed by atoms with Crippen molar-refractivity contribution in [3.63, 3.8) is 0 Å². The highest BCUT2D eigenvalue weighted by atomic mass is 32.2. The highest BCUT2D eigenvalue weighted by Crippen LogP contribution is 2.29. The Labute approximate surface area is 169 Å². The van der Waals surface area contributed by atoms with Crippen LogP contribution in [0, 0.1) is 6.92 Å². The maximum atomic E-state index is 12.3. The molecule has 1 amide bonds. The van der Waals surface area contributed by atoms with Gasteiger partial charge in [-0.1, -0.05) is 43.3 Å². The number of hydrogen-bond donors (Lipinski definition) is 1. The van der Waals surface area contributed by atoms with Crippen LogP contribution in [0.2, 0.25) is 0 Å². The van der Waals surface area contributed by atoms with E-state index in [4.69, 9.17) is 0 Å². The van der Waals surface area contributed by atoms with Crippen LogP contribution in [0.4, 0.5) is 0 Å². The van der Waals surface area contributed by atoms with Gasteiger partial charge in [0.2, 0.25) is 5.91 Å². The van der Waals surface area contributed by atoms with Gasteiger partial charge in [0.05, 0.1) is 11.4 Å². The number of nitrogens with zero attached hydrogens (tertiary/aromatic N) is 4. The Hall–Kier alpha value is -2.67. The molecular weight excluding hydrogens is 370 g/mol. The lowest BCUT2D eigenvalue weighted by atomic mass is 10.2. The van der Waals surface area contributed by atoms with Gasteiger partial charge in [0.1, 0.15) is 0 Å². The zero-order valence-corrected chi connectivity index (χ0v) is 17.2. The van der Waals surface area contributed by atoms with E-state index in [2.05, 4.69) is 40.4 Å². The second-order valence-corrected chi connectivity index (χ2v) is 7.66. The van der Waals surface area contributed by atoms with Gasteiger partial charge >= 0.3 is 0 Å². The van der Waals surface area contributed by atoms with Crippen LogP contribution in [0.1, 0.15) is 32.3 Å². The Morgan fingerprint density at radius 2 is 2.04 bits per heavy atom. The predicted molar refractivity (Wildman–Crippen MR) is 113 cm³/mol. The molecule has 3 rings (SSSR count). The lowest BCUT2D eigenvalue weighted by molar-refractivity contribution is -0.119. The van der Waals surface area contributed by atoms with E-state index in [0.717, 1.165) is 29.7 Å². The molecule has 0 spiro atoms. The van der Waals surface area contributed by atoms with E-state index >= 15 is 0 Å². The number of nitrogens with one attached hydrogen (secondary N) is 1. The van der Waals surface area contributed by atoms with Crippen molar-refractivity contribution in [1.82, 2.24) is 25.1 Å². The average Bonchev–Trinajstić information content (AvgIpc) is 3.11. The Morgan fingerprint density at radius 1 is 1.21 bits per heavy atom. The Kier molecular flexibility index (Phi) is 6.81. The summed E-state index contributed by atoms with van der Waals surface area (Å²) >= 11 is 1.39. The summed E-state index contributed by atoms with van der Waals surface area (Å²) in [5.41, 5.74) is 2.98. The summed E-state index contributed by atoms with van der Waals surface area (Å²) in [7, 11) is 0. The lowest BCUT2D eigenvalue weighted by Crippen LogP contribution is -2.33. The third kappa shape index (κ3) is 4.78. The van der Waals surface area contributed by atoms with E-state index in [1.54, 1.807) is 12.4 Å². The summed E-state index contributed by atoms with van der Waals surface area (Å²) in [6.07, 6.45) is 5.52. The normalized spacial score (nSPS) is 12.0. The summed E-state index contributed by atoms with van der Waals surface area (Å²) in [6, 6.07) is 12.1. The van der Waals surface area contributed by atoms with Gasteiger partial charge in [-0.15, -0.1) is 10.2 Å². The molecule has 7 heteroatoms. The van der Waals surface area contributed by atoms with E-state index in [1.165, 1.54) is 11.8 Å². The first kappa shape index (κ1) is 20.1. The van der Waals surface area contributed by atoms with Crippen molar-refractivity contribution in [3.8, 4) is 17.1 Å². The molecule has 1 aromatic carbocycles. The minimum Gasteiger partial charge on any atom is -0.353 e. The van der Waals surface area contributed by atoms with E-state index in [0.29, 0.717) is 16.7 Å². The van der Waals surface area contributed by atoms with Gasteiger partial charge in [-0.05, 0) is 44.0 Å². The van der Waals surface area contributed by atoms with E-state index < -0.39 is 0 Å². The third-order valence-corrected chi connectivity index (χ3v) is 5.30. The first-order valence-electron chi connectivity index (χ1n) is 9.44. The molecule has 0 saturated heterocycles.